The molecule has 3 rings (SSSR count). The van der Waals surface area contributed by atoms with E-state index in [-0.39, 0.29) is 23.6 Å². The number of aryl methyl sites for hydroxylation is 1. The van der Waals surface area contributed by atoms with E-state index in [2.05, 4.69) is 20.6 Å². The van der Waals surface area contributed by atoms with Crippen molar-refractivity contribution in [2.45, 2.75) is 44.7 Å². The number of carbonyl (C=O) groups excluding carboxylic acids is 1. The lowest BCUT2D eigenvalue weighted by Gasteiger charge is -2.30. The molecule has 0 bridgehead atoms. The third-order valence-corrected chi connectivity index (χ3v) is 5.14. The number of hydrogen-bond donors (Lipinski definition) is 3. The SMILES string of the molecule is Cc1cnc(NC2CCC(NC(=O)c3cccc(C(=O)O)c3)CC2)nc1N(C)C. The largest absolute Gasteiger partial charge is 0.478 e. The predicted molar refractivity (Wildman–Crippen MR) is 112 cm³/mol. The predicted octanol–water partition coefficient (Wildman–Crippen LogP) is 2.70. The van der Waals surface area contributed by atoms with Gasteiger partial charge in [-0.1, -0.05) is 6.07 Å². The normalized spacial score (nSPS) is 18.7. The highest BCUT2D eigenvalue weighted by Crippen LogP contribution is 2.23. The average Bonchev–Trinajstić information content (AvgIpc) is 2.70. The molecule has 0 saturated heterocycles. The Kier molecular flexibility index (Phi) is 6.31. The molecule has 8 heteroatoms. The Morgan fingerprint density at radius 3 is 2.41 bits per heavy atom. The van der Waals surface area contributed by atoms with Crippen LogP contribution in [0.2, 0.25) is 0 Å². The van der Waals surface area contributed by atoms with E-state index >= 15 is 0 Å². The van der Waals surface area contributed by atoms with E-state index in [4.69, 9.17) is 5.11 Å². The van der Waals surface area contributed by atoms with Crippen LogP contribution in [-0.2, 0) is 0 Å². The van der Waals surface area contributed by atoms with Gasteiger partial charge >= 0.3 is 5.97 Å². The average molecular weight is 397 g/mol. The summed E-state index contributed by atoms with van der Waals surface area (Å²) in [6.07, 6.45) is 5.30. The van der Waals surface area contributed by atoms with Gasteiger partial charge in [0.15, 0.2) is 0 Å². The molecule has 1 aromatic carbocycles. The number of carboxylic acid groups (broad SMARTS) is 1. The number of carbonyl (C=O) groups is 2. The molecule has 0 radical (unpaired) electrons. The van der Waals surface area contributed by atoms with E-state index in [1.165, 1.54) is 12.1 Å². The topological polar surface area (TPSA) is 107 Å². The third-order valence-electron chi connectivity index (χ3n) is 5.14. The van der Waals surface area contributed by atoms with Crippen molar-refractivity contribution in [3.8, 4) is 0 Å². The molecule has 8 nitrogen and oxygen atoms in total. The van der Waals surface area contributed by atoms with Gasteiger partial charge in [0.1, 0.15) is 5.82 Å². The first kappa shape index (κ1) is 20.6. The molecule has 1 saturated carbocycles. The van der Waals surface area contributed by atoms with Gasteiger partial charge < -0.3 is 20.6 Å². The number of nitrogens with one attached hydrogen (secondary N) is 2. The zero-order valence-electron chi connectivity index (χ0n) is 17.0. The standard InChI is InChI=1S/C21H27N5O3/c1-13-12-22-21(25-18(13)26(2)3)24-17-9-7-16(8-10-17)23-19(27)14-5-4-6-15(11-14)20(28)29/h4-6,11-12,16-17H,7-10H2,1-3H3,(H,23,27)(H,28,29)(H,22,24,25). The van der Waals surface area contributed by atoms with Crippen molar-refractivity contribution in [3.63, 3.8) is 0 Å². The molecule has 1 aliphatic rings. The first-order valence-corrected chi connectivity index (χ1v) is 9.75. The Morgan fingerprint density at radius 1 is 1.10 bits per heavy atom. The number of benzene rings is 1. The zero-order chi connectivity index (χ0) is 21.0. The van der Waals surface area contributed by atoms with Gasteiger partial charge in [-0.25, -0.2) is 9.78 Å². The number of anilines is 2. The van der Waals surface area contributed by atoms with Crippen LogP contribution in [0, 0.1) is 6.92 Å². The maximum absolute atomic E-state index is 12.4. The number of aromatic carboxylic acids is 1. The van der Waals surface area contributed by atoms with Crippen molar-refractivity contribution in [1.82, 2.24) is 15.3 Å². The molecule has 29 heavy (non-hydrogen) atoms. The summed E-state index contributed by atoms with van der Waals surface area (Å²) in [6, 6.07) is 6.43. The summed E-state index contributed by atoms with van der Waals surface area (Å²) in [6.45, 7) is 1.99. The highest BCUT2D eigenvalue weighted by atomic mass is 16.4. The summed E-state index contributed by atoms with van der Waals surface area (Å²) in [4.78, 5) is 34.5. The van der Waals surface area contributed by atoms with E-state index in [9.17, 15) is 9.59 Å². The number of aromatic nitrogens is 2. The lowest BCUT2D eigenvalue weighted by atomic mass is 9.91. The van der Waals surface area contributed by atoms with Gasteiger partial charge in [0.25, 0.3) is 5.91 Å². The van der Waals surface area contributed by atoms with Crippen LogP contribution in [0.4, 0.5) is 11.8 Å². The Labute approximate surface area is 170 Å². The smallest absolute Gasteiger partial charge is 0.335 e. The monoisotopic (exact) mass is 397 g/mol. The van der Waals surface area contributed by atoms with Crippen molar-refractivity contribution in [2.75, 3.05) is 24.3 Å². The van der Waals surface area contributed by atoms with Crippen molar-refractivity contribution < 1.29 is 14.7 Å². The minimum absolute atomic E-state index is 0.0744. The Hall–Kier alpha value is -3.16. The van der Waals surface area contributed by atoms with Gasteiger partial charge in [0.2, 0.25) is 5.95 Å². The maximum Gasteiger partial charge on any atom is 0.335 e. The minimum atomic E-state index is -1.04. The lowest BCUT2D eigenvalue weighted by Crippen LogP contribution is -2.40. The van der Waals surface area contributed by atoms with Crippen LogP contribution in [0.1, 0.15) is 52.0 Å². The molecule has 0 unspecified atom stereocenters. The van der Waals surface area contributed by atoms with Crippen molar-refractivity contribution in [1.29, 1.82) is 0 Å². The number of nitrogens with zero attached hydrogens (tertiary/aromatic N) is 3. The maximum atomic E-state index is 12.4. The molecule has 0 aliphatic heterocycles. The van der Waals surface area contributed by atoms with Crippen LogP contribution in [0.5, 0.6) is 0 Å². The number of amides is 1. The summed E-state index contributed by atoms with van der Waals surface area (Å²) >= 11 is 0. The summed E-state index contributed by atoms with van der Waals surface area (Å²) in [5, 5.41) is 15.5. The third kappa shape index (κ3) is 5.22. The van der Waals surface area contributed by atoms with Crippen LogP contribution in [0.25, 0.3) is 0 Å². The molecule has 0 spiro atoms. The van der Waals surface area contributed by atoms with Gasteiger partial charge in [-0.2, -0.15) is 4.98 Å². The van der Waals surface area contributed by atoms with Gasteiger partial charge in [-0.05, 0) is 50.8 Å². The lowest BCUT2D eigenvalue weighted by molar-refractivity contribution is 0.0697. The first-order valence-electron chi connectivity index (χ1n) is 9.75. The number of hydrogen-bond acceptors (Lipinski definition) is 6. The molecule has 0 atom stereocenters. The minimum Gasteiger partial charge on any atom is -0.478 e. The number of rotatable bonds is 6. The molecule has 1 amide bonds. The Balaban J connectivity index is 1.53. The second kappa shape index (κ2) is 8.89. The Morgan fingerprint density at radius 2 is 1.76 bits per heavy atom. The second-order valence-electron chi connectivity index (χ2n) is 7.65. The zero-order valence-corrected chi connectivity index (χ0v) is 17.0. The molecule has 154 valence electrons. The van der Waals surface area contributed by atoms with Gasteiger partial charge in [0.05, 0.1) is 5.56 Å². The van der Waals surface area contributed by atoms with Crippen molar-refractivity contribution in [3.05, 3.63) is 47.2 Å². The van der Waals surface area contributed by atoms with Crippen LogP contribution in [-0.4, -0.2) is 53.1 Å². The molecular weight excluding hydrogens is 370 g/mol. The summed E-state index contributed by atoms with van der Waals surface area (Å²) in [7, 11) is 3.91. The molecular formula is C21H27N5O3. The van der Waals surface area contributed by atoms with E-state index in [1.807, 2.05) is 32.1 Å². The fraction of sp³-hybridized carbons (Fsp3) is 0.429. The molecule has 2 aromatic rings. The summed E-state index contributed by atoms with van der Waals surface area (Å²) in [5.41, 5.74) is 1.51. The molecule has 1 aliphatic carbocycles. The highest BCUT2D eigenvalue weighted by Gasteiger charge is 2.23. The quantitative estimate of drug-likeness (QED) is 0.688. The van der Waals surface area contributed by atoms with E-state index in [0.29, 0.717) is 11.5 Å². The Bertz CT molecular complexity index is 892. The fourth-order valence-electron chi connectivity index (χ4n) is 3.58. The van der Waals surface area contributed by atoms with Gasteiger partial charge in [-0.3, -0.25) is 4.79 Å². The van der Waals surface area contributed by atoms with E-state index < -0.39 is 5.97 Å². The van der Waals surface area contributed by atoms with Crippen LogP contribution >= 0.6 is 0 Å². The molecule has 1 aromatic heterocycles. The van der Waals surface area contributed by atoms with Crippen LogP contribution in [0.3, 0.4) is 0 Å². The van der Waals surface area contributed by atoms with E-state index in [1.54, 1.807) is 12.1 Å². The van der Waals surface area contributed by atoms with E-state index in [0.717, 1.165) is 37.1 Å². The van der Waals surface area contributed by atoms with Crippen molar-refractivity contribution in [2.24, 2.45) is 0 Å². The van der Waals surface area contributed by atoms with Gasteiger partial charge in [-0.15, -0.1) is 0 Å². The van der Waals surface area contributed by atoms with Crippen LogP contribution < -0.4 is 15.5 Å². The van der Waals surface area contributed by atoms with Crippen LogP contribution in [0.15, 0.2) is 30.5 Å². The highest BCUT2D eigenvalue weighted by molar-refractivity contribution is 5.97. The summed E-state index contributed by atoms with van der Waals surface area (Å²) < 4.78 is 0. The van der Waals surface area contributed by atoms with Gasteiger partial charge in [0, 0.05) is 43.5 Å². The number of carboxylic acids is 1. The first-order chi connectivity index (χ1) is 13.8. The molecule has 1 heterocycles. The fourth-order valence-corrected chi connectivity index (χ4v) is 3.58. The summed E-state index contributed by atoms with van der Waals surface area (Å²) in [5.74, 6) is 0.244. The molecule has 3 N–H and O–H groups in total. The van der Waals surface area contributed by atoms with Crippen molar-refractivity contribution >= 4 is 23.6 Å². The second-order valence-corrected chi connectivity index (χ2v) is 7.65. The molecule has 1 fully saturated rings.